The van der Waals surface area contributed by atoms with E-state index in [9.17, 15) is 14.7 Å². The normalized spacial score (nSPS) is 13.5. The summed E-state index contributed by atoms with van der Waals surface area (Å²) in [6.45, 7) is 5.41. The van der Waals surface area contributed by atoms with E-state index in [1.165, 1.54) is 0 Å². The Morgan fingerprint density at radius 1 is 1.38 bits per heavy atom. The number of carbonyl (C=O) groups excluding carboxylic acids is 1. The second-order valence-corrected chi connectivity index (χ2v) is 6.13. The van der Waals surface area contributed by atoms with E-state index in [4.69, 9.17) is 0 Å². The fourth-order valence-electron chi connectivity index (χ4n) is 1.96. The van der Waals surface area contributed by atoms with E-state index in [2.05, 4.69) is 26.6 Å². The molecule has 21 heavy (non-hydrogen) atoms. The molecule has 0 bridgehead atoms. The van der Waals surface area contributed by atoms with E-state index in [0.29, 0.717) is 12.1 Å². The summed E-state index contributed by atoms with van der Waals surface area (Å²) in [6.07, 6.45) is 1.19. The molecular formula is C15H21BrN2O3. The average molecular weight is 357 g/mol. The summed E-state index contributed by atoms with van der Waals surface area (Å²) < 4.78 is 0.797. The number of anilines is 1. The first kappa shape index (κ1) is 17.7. The van der Waals surface area contributed by atoms with Gasteiger partial charge in [0.05, 0.1) is 12.2 Å². The van der Waals surface area contributed by atoms with Crippen molar-refractivity contribution in [2.75, 3.05) is 11.9 Å². The maximum Gasteiger partial charge on any atom is 0.323 e. The zero-order chi connectivity index (χ0) is 16.0. The lowest BCUT2D eigenvalue weighted by Crippen LogP contribution is -2.51. The lowest BCUT2D eigenvalue weighted by molar-refractivity contribution is -0.144. The second-order valence-electron chi connectivity index (χ2n) is 5.27. The Balaban J connectivity index is 2.63. The molecule has 1 aromatic rings. The molecule has 0 aliphatic heterocycles. The summed E-state index contributed by atoms with van der Waals surface area (Å²) in [4.78, 5) is 23.2. The molecule has 0 aliphatic rings. The number of aliphatic carboxylic acids is 1. The smallest absolute Gasteiger partial charge is 0.323 e. The molecule has 5 nitrogen and oxygen atoms in total. The van der Waals surface area contributed by atoms with Crippen molar-refractivity contribution in [1.29, 1.82) is 0 Å². The maximum atomic E-state index is 11.9. The number of carboxylic acids is 1. The third-order valence-corrected chi connectivity index (χ3v) is 3.92. The number of hydrogen-bond acceptors (Lipinski definition) is 3. The molecule has 116 valence electrons. The third kappa shape index (κ3) is 5.13. The standard InChI is InChI=1S/C15H21BrN2O3/c1-4-7-15(3,14(20)21)17-9-13(19)18-12-6-5-10(2)8-11(12)16/h5-6,8,17H,4,7,9H2,1-3H3,(H,18,19)(H,20,21). The van der Waals surface area contributed by atoms with E-state index >= 15 is 0 Å². The van der Waals surface area contributed by atoms with Crippen molar-refractivity contribution in [2.24, 2.45) is 0 Å². The number of carbonyl (C=O) groups is 2. The van der Waals surface area contributed by atoms with Crippen LogP contribution >= 0.6 is 15.9 Å². The molecule has 1 amide bonds. The molecule has 6 heteroatoms. The number of rotatable bonds is 7. The van der Waals surface area contributed by atoms with Crippen LogP contribution < -0.4 is 10.6 Å². The van der Waals surface area contributed by atoms with E-state index in [1.807, 2.05) is 26.0 Å². The van der Waals surface area contributed by atoms with Gasteiger partial charge in [-0.05, 0) is 53.9 Å². The molecule has 0 spiro atoms. The van der Waals surface area contributed by atoms with Gasteiger partial charge in [-0.3, -0.25) is 14.9 Å². The van der Waals surface area contributed by atoms with Gasteiger partial charge in [-0.25, -0.2) is 0 Å². The highest BCUT2D eigenvalue weighted by Crippen LogP contribution is 2.23. The van der Waals surface area contributed by atoms with Crippen molar-refractivity contribution in [2.45, 2.75) is 39.2 Å². The average Bonchev–Trinajstić information content (AvgIpc) is 2.40. The number of aryl methyl sites for hydroxylation is 1. The van der Waals surface area contributed by atoms with Gasteiger partial charge in [0.25, 0.3) is 0 Å². The minimum Gasteiger partial charge on any atom is -0.480 e. The molecule has 1 rings (SSSR count). The summed E-state index contributed by atoms with van der Waals surface area (Å²) in [7, 11) is 0. The molecule has 1 atom stereocenters. The van der Waals surface area contributed by atoms with Gasteiger partial charge >= 0.3 is 5.97 Å². The fraction of sp³-hybridized carbons (Fsp3) is 0.467. The van der Waals surface area contributed by atoms with Crippen molar-refractivity contribution < 1.29 is 14.7 Å². The highest BCUT2D eigenvalue weighted by atomic mass is 79.9. The quantitative estimate of drug-likeness (QED) is 0.701. The molecular weight excluding hydrogens is 336 g/mol. The summed E-state index contributed by atoms with van der Waals surface area (Å²) in [5.41, 5.74) is 0.663. The van der Waals surface area contributed by atoms with Crippen LogP contribution in [0, 0.1) is 6.92 Å². The van der Waals surface area contributed by atoms with E-state index in [-0.39, 0.29) is 12.5 Å². The Kier molecular flexibility index (Phi) is 6.36. The number of nitrogens with one attached hydrogen (secondary N) is 2. The molecule has 3 N–H and O–H groups in total. The Hall–Kier alpha value is -1.40. The van der Waals surface area contributed by atoms with E-state index < -0.39 is 11.5 Å². The molecule has 0 heterocycles. The lowest BCUT2D eigenvalue weighted by atomic mass is 9.96. The van der Waals surface area contributed by atoms with Gasteiger partial charge in [0.2, 0.25) is 5.91 Å². The minimum absolute atomic E-state index is 0.0525. The van der Waals surface area contributed by atoms with Crippen molar-refractivity contribution in [3.05, 3.63) is 28.2 Å². The van der Waals surface area contributed by atoms with Gasteiger partial charge in [0.15, 0.2) is 0 Å². The molecule has 0 saturated carbocycles. The van der Waals surface area contributed by atoms with Crippen LogP contribution in [0.25, 0.3) is 0 Å². The fourth-order valence-corrected chi connectivity index (χ4v) is 2.55. The van der Waals surface area contributed by atoms with Crippen LogP contribution in [-0.4, -0.2) is 29.1 Å². The van der Waals surface area contributed by atoms with Gasteiger partial charge in [-0.1, -0.05) is 19.4 Å². The first-order chi connectivity index (χ1) is 9.78. The summed E-state index contributed by atoms with van der Waals surface area (Å²) >= 11 is 3.39. The highest BCUT2D eigenvalue weighted by Gasteiger charge is 2.31. The third-order valence-electron chi connectivity index (χ3n) is 3.26. The second kappa shape index (κ2) is 7.56. The number of benzene rings is 1. The van der Waals surface area contributed by atoms with Crippen LogP contribution in [0.4, 0.5) is 5.69 Å². The van der Waals surface area contributed by atoms with Gasteiger partial charge in [-0.15, -0.1) is 0 Å². The molecule has 0 aromatic heterocycles. The number of hydrogen-bond donors (Lipinski definition) is 3. The largest absolute Gasteiger partial charge is 0.480 e. The van der Waals surface area contributed by atoms with Gasteiger partial charge in [0.1, 0.15) is 5.54 Å². The molecule has 0 aliphatic carbocycles. The minimum atomic E-state index is -1.09. The Morgan fingerprint density at radius 2 is 2.05 bits per heavy atom. The van der Waals surface area contributed by atoms with Crippen LogP contribution in [-0.2, 0) is 9.59 Å². The van der Waals surface area contributed by atoms with Gasteiger partial charge < -0.3 is 10.4 Å². The number of amides is 1. The van der Waals surface area contributed by atoms with Crippen LogP contribution in [0.15, 0.2) is 22.7 Å². The first-order valence-corrected chi connectivity index (χ1v) is 7.62. The molecule has 0 fully saturated rings. The van der Waals surface area contributed by atoms with Gasteiger partial charge in [-0.2, -0.15) is 0 Å². The maximum absolute atomic E-state index is 11.9. The first-order valence-electron chi connectivity index (χ1n) is 6.83. The van der Waals surface area contributed by atoms with Crippen LogP contribution in [0.3, 0.4) is 0 Å². The van der Waals surface area contributed by atoms with E-state index in [0.717, 1.165) is 16.5 Å². The molecule has 0 saturated heterocycles. The predicted molar refractivity (Wildman–Crippen MR) is 86.5 cm³/mol. The lowest BCUT2D eigenvalue weighted by Gasteiger charge is -2.25. The number of carboxylic acid groups (broad SMARTS) is 1. The van der Waals surface area contributed by atoms with Crippen LogP contribution in [0.2, 0.25) is 0 Å². The van der Waals surface area contributed by atoms with E-state index in [1.54, 1.807) is 13.0 Å². The zero-order valence-corrected chi connectivity index (χ0v) is 14.1. The highest BCUT2D eigenvalue weighted by molar-refractivity contribution is 9.10. The Morgan fingerprint density at radius 3 is 2.57 bits per heavy atom. The summed E-state index contributed by atoms with van der Waals surface area (Å²) in [6, 6.07) is 5.60. The molecule has 0 radical (unpaired) electrons. The van der Waals surface area contributed by atoms with Crippen molar-refractivity contribution in [3.8, 4) is 0 Å². The van der Waals surface area contributed by atoms with Crippen LogP contribution in [0.1, 0.15) is 32.3 Å². The van der Waals surface area contributed by atoms with Crippen molar-refractivity contribution in [3.63, 3.8) is 0 Å². The Bertz CT molecular complexity index is 534. The van der Waals surface area contributed by atoms with Crippen LogP contribution in [0.5, 0.6) is 0 Å². The topological polar surface area (TPSA) is 78.4 Å². The zero-order valence-electron chi connectivity index (χ0n) is 12.5. The predicted octanol–water partition coefficient (Wildman–Crippen LogP) is 2.93. The van der Waals surface area contributed by atoms with Crippen molar-refractivity contribution >= 4 is 33.5 Å². The summed E-state index contributed by atoms with van der Waals surface area (Å²) in [5.74, 6) is -1.23. The molecule has 1 unspecified atom stereocenters. The van der Waals surface area contributed by atoms with Crippen molar-refractivity contribution in [1.82, 2.24) is 5.32 Å². The summed E-state index contributed by atoms with van der Waals surface area (Å²) in [5, 5.41) is 14.8. The molecule has 1 aromatic carbocycles. The monoisotopic (exact) mass is 356 g/mol. The Labute approximate surface area is 133 Å². The number of halogens is 1. The van der Waals surface area contributed by atoms with Gasteiger partial charge in [0, 0.05) is 4.47 Å². The SMILES string of the molecule is CCCC(C)(NCC(=O)Nc1ccc(C)cc1Br)C(=O)O.